The van der Waals surface area contributed by atoms with E-state index in [-0.39, 0.29) is 0 Å². The number of aromatic amines is 1. The SMILES string of the molecule is COCCOCCNCc1cccc2[nH]ccc12. The number of methoxy groups -OCH3 is 1. The van der Waals surface area contributed by atoms with Crippen LogP contribution in [0, 0.1) is 0 Å². The number of H-pyrrole nitrogens is 1. The maximum atomic E-state index is 5.39. The summed E-state index contributed by atoms with van der Waals surface area (Å²) in [7, 11) is 1.68. The van der Waals surface area contributed by atoms with E-state index in [1.54, 1.807) is 7.11 Å². The third-order valence-electron chi connectivity index (χ3n) is 2.86. The highest BCUT2D eigenvalue weighted by Gasteiger charge is 2.00. The molecular weight excluding hydrogens is 228 g/mol. The number of nitrogens with one attached hydrogen (secondary N) is 2. The normalized spacial score (nSPS) is 11.2. The molecule has 1 aromatic heterocycles. The van der Waals surface area contributed by atoms with Crippen molar-refractivity contribution in [1.29, 1.82) is 0 Å². The molecule has 1 aromatic carbocycles. The summed E-state index contributed by atoms with van der Waals surface area (Å²) in [5, 5.41) is 4.66. The largest absolute Gasteiger partial charge is 0.382 e. The molecule has 98 valence electrons. The standard InChI is InChI=1S/C14H20N2O2/c1-17-9-10-18-8-7-15-11-12-3-2-4-14-13(12)5-6-16-14/h2-6,15-16H,7-11H2,1H3. The van der Waals surface area contributed by atoms with E-state index in [4.69, 9.17) is 9.47 Å². The number of benzene rings is 1. The van der Waals surface area contributed by atoms with E-state index in [0.29, 0.717) is 19.8 Å². The first kappa shape index (κ1) is 13.1. The van der Waals surface area contributed by atoms with Gasteiger partial charge in [0, 0.05) is 37.3 Å². The van der Waals surface area contributed by atoms with Crippen LogP contribution in [0.4, 0.5) is 0 Å². The van der Waals surface area contributed by atoms with Gasteiger partial charge < -0.3 is 19.8 Å². The Bertz CT molecular complexity index is 468. The summed E-state index contributed by atoms with van der Waals surface area (Å²) in [6.45, 7) is 3.74. The van der Waals surface area contributed by atoms with Crippen LogP contribution in [0.15, 0.2) is 30.5 Å². The number of hydrogen-bond donors (Lipinski definition) is 2. The monoisotopic (exact) mass is 248 g/mol. The molecule has 1 heterocycles. The summed E-state index contributed by atoms with van der Waals surface area (Å²) in [4.78, 5) is 3.22. The Morgan fingerprint density at radius 2 is 2.11 bits per heavy atom. The molecule has 0 saturated carbocycles. The van der Waals surface area contributed by atoms with Gasteiger partial charge in [0.25, 0.3) is 0 Å². The molecule has 2 N–H and O–H groups in total. The zero-order valence-corrected chi connectivity index (χ0v) is 10.7. The Morgan fingerprint density at radius 1 is 1.17 bits per heavy atom. The van der Waals surface area contributed by atoms with Crippen molar-refractivity contribution in [3.05, 3.63) is 36.0 Å². The lowest BCUT2D eigenvalue weighted by atomic mass is 10.1. The van der Waals surface area contributed by atoms with Crippen LogP contribution in [-0.2, 0) is 16.0 Å². The zero-order valence-electron chi connectivity index (χ0n) is 10.7. The predicted octanol–water partition coefficient (Wildman–Crippen LogP) is 1.92. The highest BCUT2D eigenvalue weighted by molar-refractivity contribution is 5.82. The van der Waals surface area contributed by atoms with Gasteiger partial charge in [-0.05, 0) is 17.7 Å². The first-order valence-electron chi connectivity index (χ1n) is 6.24. The summed E-state index contributed by atoms with van der Waals surface area (Å²) in [5.41, 5.74) is 2.50. The third-order valence-corrected chi connectivity index (χ3v) is 2.86. The summed E-state index contributed by atoms with van der Waals surface area (Å²) in [6, 6.07) is 8.42. The average Bonchev–Trinajstić information content (AvgIpc) is 2.86. The maximum absolute atomic E-state index is 5.39. The second-order valence-electron chi connectivity index (χ2n) is 4.14. The Labute approximate surface area is 107 Å². The van der Waals surface area contributed by atoms with E-state index in [1.165, 1.54) is 16.5 Å². The zero-order chi connectivity index (χ0) is 12.6. The second-order valence-corrected chi connectivity index (χ2v) is 4.14. The Kier molecular flexibility index (Phi) is 5.20. The number of ether oxygens (including phenoxy) is 2. The molecule has 0 unspecified atom stereocenters. The van der Waals surface area contributed by atoms with Gasteiger partial charge in [-0.25, -0.2) is 0 Å². The second kappa shape index (κ2) is 7.16. The molecule has 0 atom stereocenters. The molecule has 0 aliphatic rings. The van der Waals surface area contributed by atoms with Crippen molar-refractivity contribution >= 4 is 10.9 Å². The predicted molar refractivity (Wildman–Crippen MR) is 72.7 cm³/mol. The highest BCUT2D eigenvalue weighted by Crippen LogP contribution is 2.16. The van der Waals surface area contributed by atoms with E-state index >= 15 is 0 Å². The molecule has 18 heavy (non-hydrogen) atoms. The summed E-state index contributed by atoms with van der Waals surface area (Å²) < 4.78 is 10.3. The van der Waals surface area contributed by atoms with E-state index in [9.17, 15) is 0 Å². The Morgan fingerprint density at radius 3 is 3.00 bits per heavy atom. The van der Waals surface area contributed by atoms with Crippen LogP contribution in [-0.4, -0.2) is 38.5 Å². The molecule has 2 aromatic rings. The molecule has 0 fully saturated rings. The van der Waals surface area contributed by atoms with E-state index < -0.39 is 0 Å². The lowest BCUT2D eigenvalue weighted by molar-refractivity contribution is 0.0719. The fourth-order valence-corrected chi connectivity index (χ4v) is 1.92. The fraction of sp³-hybridized carbons (Fsp3) is 0.429. The fourth-order valence-electron chi connectivity index (χ4n) is 1.92. The molecule has 0 amide bonds. The molecule has 0 aliphatic carbocycles. The van der Waals surface area contributed by atoms with Gasteiger partial charge in [0.15, 0.2) is 0 Å². The average molecular weight is 248 g/mol. The van der Waals surface area contributed by atoms with Gasteiger partial charge in [0.2, 0.25) is 0 Å². The molecule has 4 nitrogen and oxygen atoms in total. The molecule has 0 spiro atoms. The van der Waals surface area contributed by atoms with Crippen molar-refractivity contribution in [3.63, 3.8) is 0 Å². The van der Waals surface area contributed by atoms with Gasteiger partial charge in [0.05, 0.1) is 19.8 Å². The van der Waals surface area contributed by atoms with Crippen molar-refractivity contribution in [2.45, 2.75) is 6.54 Å². The van der Waals surface area contributed by atoms with Gasteiger partial charge >= 0.3 is 0 Å². The van der Waals surface area contributed by atoms with Crippen molar-refractivity contribution in [2.75, 3.05) is 33.5 Å². The smallest absolute Gasteiger partial charge is 0.0700 e. The molecular formula is C14H20N2O2. The minimum Gasteiger partial charge on any atom is -0.382 e. The van der Waals surface area contributed by atoms with E-state index in [1.807, 2.05) is 6.20 Å². The topological polar surface area (TPSA) is 46.3 Å². The first-order valence-corrected chi connectivity index (χ1v) is 6.24. The third kappa shape index (κ3) is 3.57. The summed E-state index contributed by atoms with van der Waals surface area (Å²) >= 11 is 0. The lowest BCUT2D eigenvalue weighted by Gasteiger charge is -2.07. The van der Waals surface area contributed by atoms with Crippen molar-refractivity contribution in [3.8, 4) is 0 Å². The Hall–Kier alpha value is -1.36. The van der Waals surface area contributed by atoms with E-state index in [0.717, 1.165) is 13.1 Å². The van der Waals surface area contributed by atoms with Crippen molar-refractivity contribution < 1.29 is 9.47 Å². The highest BCUT2D eigenvalue weighted by atomic mass is 16.5. The van der Waals surface area contributed by atoms with Crippen LogP contribution in [0.5, 0.6) is 0 Å². The van der Waals surface area contributed by atoms with Gasteiger partial charge in [0.1, 0.15) is 0 Å². The van der Waals surface area contributed by atoms with Gasteiger partial charge in [-0.1, -0.05) is 12.1 Å². The maximum Gasteiger partial charge on any atom is 0.0700 e. The van der Waals surface area contributed by atoms with Crippen LogP contribution in [0.1, 0.15) is 5.56 Å². The van der Waals surface area contributed by atoms with Crippen LogP contribution in [0.25, 0.3) is 10.9 Å². The van der Waals surface area contributed by atoms with Crippen molar-refractivity contribution in [1.82, 2.24) is 10.3 Å². The number of fused-ring (bicyclic) bond motifs is 1. The molecule has 4 heteroatoms. The molecule has 2 rings (SSSR count). The van der Waals surface area contributed by atoms with Gasteiger partial charge in [-0.15, -0.1) is 0 Å². The van der Waals surface area contributed by atoms with Crippen LogP contribution in [0.2, 0.25) is 0 Å². The van der Waals surface area contributed by atoms with E-state index in [2.05, 4.69) is 34.6 Å². The molecule has 0 bridgehead atoms. The molecule has 0 aliphatic heterocycles. The number of aromatic nitrogens is 1. The van der Waals surface area contributed by atoms with Crippen LogP contribution in [0.3, 0.4) is 0 Å². The quantitative estimate of drug-likeness (QED) is 0.702. The van der Waals surface area contributed by atoms with Crippen molar-refractivity contribution in [2.24, 2.45) is 0 Å². The summed E-state index contributed by atoms with van der Waals surface area (Å²) in [5.74, 6) is 0. The molecule has 0 radical (unpaired) electrons. The lowest BCUT2D eigenvalue weighted by Crippen LogP contribution is -2.20. The first-order chi connectivity index (χ1) is 8.92. The minimum atomic E-state index is 0.655. The van der Waals surface area contributed by atoms with Crippen LogP contribution < -0.4 is 5.32 Å². The number of rotatable bonds is 8. The number of hydrogen-bond acceptors (Lipinski definition) is 3. The van der Waals surface area contributed by atoms with Crippen LogP contribution >= 0.6 is 0 Å². The summed E-state index contributed by atoms with van der Waals surface area (Å²) in [6.07, 6.45) is 1.97. The minimum absolute atomic E-state index is 0.655. The molecule has 0 saturated heterocycles. The Balaban J connectivity index is 1.72. The van der Waals surface area contributed by atoms with Gasteiger partial charge in [-0.2, -0.15) is 0 Å². The van der Waals surface area contributed by atoms with Gasteiger partial charge in [-0.3, -0.25) is 0 Å².